The summed E-state index contributed by atoms with van der Waals surface area (Å²) < 4.78 is 5.20. The molecule has 126 valence electrons. The van der Waals surface area contributed by atoms with Crippen molar-refractivity contribution in [3.63, 3.8) is 0 Å². The Labute approximate surface area is 146 Å². The quantitative estimate of drug-likeness (QED) is 0.727. The number of hydrogen-bond donors (Lipinski definition) is 2. The Morgan fingerprint density at radius 2 is 1.72 bits per heavy atom. The van der Waals surface area contributed by atoms with Crippen LogP contribution in [0.2, 0.25) is 0 Å². The lowest BCUT2D eigenvalue weighted by Gasteiger charge is -2.09. The molecule has 25 heavy (non-hydrogen) atoms. The lowest BCUT2D eigenvalue weighted by Crippen LogP contribution is -2.13. The van der Waals surface area contributed by atoms with Crippen molar-refractivity contribution in [2.24, 2.45) is 0 Å². The Kier molecular flexibility index (Phi) is 4.95. The molecular weight excluding hydrogens is 314 g/mol. The maximum Gasteiger partial charge on any atom is 0.274 e. The SMILES string of the molecule is COc1cccc(Nc2ccc(C(=O)Nc3ccc(C)cc3)nc2)c1. The molecule has 3 rings (SSSR count). The number of hydrogen-bond acceptors (Lipinski definition) is 4. The molecule has 1 heterocycles. The zero-order valence-corrected chi connectivity index (χ0v) is 14.1. The van der Waals surface area contributed by atoms with E-state index in [0.717, 1.165) is 28.4 Å². The van der Waals surface area contributed by atoms with Gasteiger partial charge in [0.1, 0.15) is 11.4 Å². The van der Waals surface area contributed by atoms with Crippen molar-refractivity contribution in [1.29, 1.82) is 0 Å². The molecule has 1 aromatic heterocycles. The van der Waals surface area contributed by atoms with Gasteiger partial charge in [0.05, 0.1) is 19.0 Å². The minimum Gasteiger partial charge on any atom is -0.497 e. The van der Waals surface area contributed by atoms with Gasteiger partial charge in [-0.3, -0.25) is 4.79 Å². The molecule has 1 amide bonds. The third-order valence-corrected chi connectivity index (χ3v) is 3.66. The highest BCUT2D eigenvalue weighted by molar-refractivity contribution is 6.02. The molecule has 5 heteroatoms. The van der Waals surface area contributed by atoms with Crippen molar-refractivity contribution < 1.29 is 9.53 Å². The first-order chi connectivity index (χ1) is 12.1. The van der Waals surface area contributed by atoms with E-state index in [1.165, 1.54) is 0 Å². The van der Waals surface area contributed by atoms with Crippen molar-refractivity contribution in [3.05, 3.63) is 78.1 Å². The number of aromatic nitrogens is 1. The minimum atomic E-state index is -0.239. The van der Waals surface area contributed by atoms with Crippen LogP contribution in [0, 0.1) is 6.92 Å². The maximum atomic E-state index is 12.2. The van der Waals surface area contributed by atoms with Crippen LogP contribution in [-0.2, 0) is 0 Å². The van der Waals surface area contributed by atoms with Gasteiger partial charge >= 0.3 is 0 Å². The third-order valence-electron chi connectivity index (χ3n) is 3.66. The number of pyridine rings is 1. The summed E-state index contributed by atoms with van der Waals surface area (Å²) in [4.78, 5) is 16.5. The van der Waals surface area contributed by atoms with E-state index in [1.807, 2.05) is 61.5 Å². The molecule has 0 unspecified atom stereocenters. The van der Waals surface area contributed by atoms with Crippen molar-refractivity contribution in [1.82, 2.24) is 4.98 Å². The smallest absolute Gasteiger partial charge is 0.274 e. The molecule has 2 N–H and O–H groups in total. The molecule has 0 aliphatic carbocycles. The summed E-state index contributed by atoms with van der Waals surface area (Å²) in [5.74, 6) is 0.531. The van der Waals surface area contributed by atoms with Gasteiger partial charge in [0.2, 0.25) is 0 Å². The second kappa shape index (κ2) is 7.49. The van der Waals surface area contributed by atoms with Crippen molar-refractivity contribution in [2.75, 3.05) is 17.7 Å². The van der Waals surface area contributed by atoms with Gasteiger partial charge in [-0.15, -0.1) is 0 Å². The van der Waals surface area contributed by atoms with Crippen LogP contribution in [0.4, 0.5) is 17.1 Å². The number of methoxy groups -OCH3 is 1. The molecule has 0 bridgehead atoms. The van der Waals surface area contributed by atoms with E-state index in [2.05, 4.69) is 15.6 Å². The van der Waals surface area contributed by atoms with Crippen LogP contribution < -0.4 is 15.4 Å². The van der Waals surface area contributed by atoms with Crippen LogP contribution in [0.5, 0.6) is 5.75 Å². The third kappa shape index (κ3) is 4.35. The van der Waals surface area contributed by atoms with Gasteiger partial charge in [-0.25, -0.2) is 4.98 Å². The fraction of sp³-hybridized carbons (Fsp3) is 0.100. The van der Waals surface area contributed by atoms with Gasteiger partial charge in [0, 0.05) is 17.4 Å². The number of nitrogens with zero attached hydrogens (tertiary/aromatic N) is 1. The summed E-state index contributed by atoms with van der Waals surface area (Å²) in [5, 5.41) is 6.06. The predicted octanol–water partition coefficient (Wildman–Crippen LogP) is 4.39. The summed E-state index contributed by atoms with van der Waals surface area (Å²) in [6, 6.07) is 18.7. The molecule has 0 saturated heterocycles. The number of anilines is 3. The average molecular weight is 333 g/mol. The van der Waals surface area contributed by atoms with E-state index in [0.29, 0.717) is 5.69 Å². The highest BCUT2D eigenvalue weighted by atomic mass is 16.5. The number of aryl methyl sites for hydroxylation is 1. The second-order valence-corrected chi connectivity index (χ2v) is 5.61. The van der Waals surface area contributed by atoms with Crippen LogP contribution in [0.15, 0.2) is 66.9 Å². The number of carbonyl (C=O) groups is 1. The standard InChI is InChI=1S/C20H19N3O2/c1-14-6-8-15(9-7-14)23-20(24)19-11-10-17(13-21-19)22-16-4-3-5-18(12-16)25-2/h3-13,22H,1-2H3,(H,23,24). The fourth-order valence-electron chi connectivity index (χ4n) is 2.30. The Morgan fingerprint density at radius 3 is 2.40 bits per heavy atom. The number of carbonyl (C=O) groups excluding carboxylic acids is 1. The number of amides is 1. The molecule has 2 aromatic carbocycles. The molecule has 0 atom stereocenters. The average Bonchev–Trinajstić information content (AvgIpc) is 2.64. The molecule has 0 spiro atoms. The van der Waals surface area contributed by atoms with E-state index in [-0.39, 0.29) is 5.91 Å². The van der Waals surface area contributed by atoms with Gasteiger partial charge in [0.25, 0.3) is 5.91 Å². The molecule has 0 aliphatic heterocycles. The van der Waals surface area contributed by atoms with E-state index >= 15 is 0 Å². The van der Waals surface area contributed by atoms with Gasteiger partial charge in [-0.2, -0.15) is 0 Å². The first-order valence-corrected chi connectivity index (χ1v) is 7.89. The lowest BCUT2D eigenvalue weighted by atomic mass is 10.2. The molecule has 0 aliphatic rings. The van der Waals surface area contributed by atoms with Crippen LogP contribution in [-0.4, -0.2) is 18.0 Å². The van der Waals surface area contributed by atoms with Crippen molar-refractivity contribution in [2.45, 2.75) is 6.92 Å². The second-order valence-electron chi connectivity index (χ2n) is 5.61. The number of rotatable bonds is 5. The number of benzene rings is 2. The van der Waals surface area contributed by atoms with E-state index in [1.54, 1.807) is 19.4 Å². The van der Waals surface area contributed by atoms with Crippen LogP contribution in [0.25, 0.3) is 0 Å². The zero-order chi connectivity index (χ0) is 17.6. The molecule has 0 saturated carbocycles. The van der Waals surface area contributed by atoms with E-state index in [9.17, 15) is 4.79 Å². The summed E-state index contributed by atoms with van der Waals surface area (Å²) in [5.41, 5.74) is 3.93. The summed E-state index contributed by atoms with van der Waals surface area (Å²) in [6.07, 6.45) is 1.63. The molecule has 0 fully saturated rings. The van der Waals surface area contributed by atoms with Gasteiger partial charge in [-0.1, -0.05) is 23.8 Å². The molecule has 0 radical (unpaired) electrons. The topological polar surface area (TPSA) is 63.2 Å². The Morgan fingerprint density at radius 1 is 0.960 bits per heavy atom. The highest BCUT2D eigenvalue weighted by Gasteiger charge is 2.08. The lowest BCUT2D eigenvalue weighted by molar-refractivity contribution is 0.102. The fourth-order valence-corrected chi connectivity index (χ4v) is 2.30. The molecule has 5 nitrogen and oxygen atoms in total. The monoisotopic (exact) mass is 333 g/mol. The first kappa shape index (κ1) is 16.5. The Balaban J connectivity index is 1.66. The Hall–Kier alpha value is -3.34. The van der Waals surface area contributed by atoms with Gasteiger partial charge in [-0.05, 0) is 43.3 Å². The summed E-state index contributed by atoms with van der Waals surface area (Å²) in [6.45, 7) is 2.00. The van der Waals surface area contributed by atoms with Gasteiger partial charge in [0.15, 0.2) is 0 Å². The normalized spacial score (nSPS) is 10.2. The predicted molar refractivity (Wildman–Crippen MR) is 99.6 cm³/mol. The molecule has 3 aromatic rings. The highest BCUT2D eigenvalue weighted by Crippen LogP contribution is 2.21. The van der Waals surface area contributed by atoms with Crippen molar-refractivity contribution in [3.8, 4) is 5.75 Å². The largest absolute Gasteiger partial charge is 0.497 e. The van der Waals surface area contributed by atoms with Crippen LogP contribution >= 0.6 is 0 Å². The van der Waals surface area contributed by atoms with Gasteiger partial charge < -0.3 is 15.4 Å². The summed E-state index contributed by atoms with van der Waals surface area (Å²) in [7, 11) is 1.63. The number of nitrogens with one attached hydrogen (secondary N) is 2. The van der Waals surface area contributed by atoms with E-state index < -0.39 is 0 Å². The van der Waals surface area contributed by atoms with E-state index in [4.69, 9.17) is 4.74 Å². The zero-order valence-electron chi connectivity index (χ0n) is 14.1. The minimum absolute atomic E-state index is 0.239. The van der Waals surface area contributed by atoms with Crippen LogP contribution in [0.3, 0.4) is 0 Å². The molecular formula is C20H19N3O2. The number of ether oxygens (including phenoxy) is 1. The van der Waals surface area contributed by atoms with Crippen LogP contribution in [0.1, 0.15) is 16.1 Å². The first-order valence-electron chi connectivity index (χ1n) is 7.89. The Bertz CT molecular complexity index is 859. The maximum absolute atomic E-state index is 12.2. The summed E-state index contributed by atoms with van der Waals surface area (Å²) >= 11 is 0. The van der Waals surface area contributed by atoms with Crippen molar-refractivity contribution >= 4 is 23.0 Å².